The van der Waals surface area contributed by atoms with Crippen LogP contribution in [0, 0.1) is 0 Å². The lowest BCUT2D eigenvalue weighted by Crippen LogP contribution is -2.28. The monoisotopic (exact) mass is 345 g/mol. The van der Waals surface area contributed by atoms with E-state index >= 15 is 0 Å². The zero-order chi connectivity index (χ0) is 17.4. The third kappa shape index (κ3) is 6.05. The smallest absolute Gasteiger partial charge is 0.258 e. The van der Waals surface area contributed by atoms with Crippen molar-refractivity contribution in [3.8, 4) is 5.75 Å². The number of hydrogen-bond acceptors (Lipinski definition) is 3. The number of hydrogen-bond donors (Lipinski definition) is 1. The molecule has 0 saturated heterocycles. The molecular weight excluding hydrogens is 326 g/mol. The van der Waals surface area contributed by atoms with Gasteiger partial charge in [0.1, 0.15) is 11.5 Å². The Balaban J connectivity index is 1.75. The van der Waals surface area contributed by atoms with Crippen LogP contribution in [0.15, 0.2) is 48.5 Å². The predicted molar refractivity (Wildman–Crippen MR) is 94.2 cm³/mol. The molecule has 0 fully saturated rings. The maximum atomic E-state index is 11.8. The van der Waals surface area contributed by atoms with E-state index in [1.54, 1.807) is 25.1 Å². The summed E-state index contributed by atoms with van der Waals surface area (Å²) in [6.07, 6.45) is 1.25. The summed E-state index contributed by atoms with van der Waals surface area (Å²) >= 11 is 6.04. The third-order valence-corrected chi connectivity index (χ3v) is 3.86. The van der Waals surface area contributed by atoms with Gasteiger partial charge < -0.3 is 14.8 Å². The molecule has 0 heterocycles. The van der Waals surface area contributed by atoms with Gasteiger partial charge in [0, 0.05) is 18.0 Å². The first-order chi connectivity index (χ1) is 11.5. The van der Waals surface area contributed by atoms with Crippen LogP contribution in [-0.2, 0) is 22.6 Å². The van der Waals surface area contributed by atoms with Crippen LogP contribution in [0.2, 0.25) is 5.02 Å². The summed E-state index contributed by atoms with van der Waals surface area (Å²) in [5.74, 6) is 0.579. The van der Waals surface area contributed by atoms with Crippen molar-refractivity contribution in [2.75, 3.05) is 6.61 Å². The van der Waals surface area contributed by atoms with E-state index in [9.17, 15) is 9.59 Å². The highest BCUT2D eigenvalue weighted by Gasteiger charge is 2.05. The molecule has 1 amide bonds. The summed E-state index contributed by atoms with van der Waals surface area (Å²) in [6.45, 7) is 1.89. The van der Waals surface area contributed by atoms with Crippen molar-refractivity contribution in [2.24, 2.45) is 0 Å². The number of amides is 1. The molecule has 0 aliphatic carbocycles. The number of aryl methyl sites for hydroxylation is 1. The van der Waals surface area contributed by atoms with Gasteiger partial charge in [-0.05, 0) is 42.7 Å². The Morgan fingerprint density at radius 1 is 1.08 bits per heavy atom. The molecule has 0 bridgehead atoms. The number of carbonyl (C=O) groups is 2. The Morgan fingerprint density at radius 3 is 2.46 bits per heavy atom. The second-order valence-corrected chi connectivity index (χ2v) is 5.91. The van der Waals surface area contributed by atoms with E-state index in [0.717, 1.165) is 11.1 Å². The van der Waals surface area contributed by atoms with Crippen LogP contribution in [0.3, 0.4) is 0 Å². The van der Waals surface area contributed by atoms with Crippen molar-refractivity contribution in [1.29, 1.82) is 0 Å². The second-order valence-electron chi connectivity index (χ2n) is 5.50. The van der Waals surface area contributed by atoms with Gasteiger partial charge in [0.25, 0.3) is 5.91 Å². The van der Waals surface area contributed by atoms with Gasteiger partial charge in [0.05, 0.1) is 0 Å². The first-order valence-corrected chi connectivity index (χ1v) is 8.13. The average Bonchev–Trinajstić information content (AvgIpc) is 2.58. The molecule has 0 saturated carbocycles. The molecule has 0 aliphatic heterocycles. The number of rotatable bonds is 8. The summed E-state index contributed by atoms with van der Waals surface area (Å²) in [5.41, 5.74) is 1.93. The van der Waals surface area contributed by atoms with Crippen LogP contribution in [0.4, 0.5) is 0 Å². The highest BCUT2D eigenvalue weighted by molar-refractivity contribution is 6.31. The minimum Gasteiger partial charge on any atom is -0.484 e. The van der Waals surface area contributed by atoms with Crippen LogP contribution in [0.1, 0.15) is 24.5 Å². The lowest BCUT2D eigenvalue weighted by atomic mass is 10.1. The normalized spacial score (nSPS) is 10.2. The van der Waals surface area contributed by atoms with Crippen LogP contribution >= 0.6 is 11.6 Å². The van der Waals surface area contributed by atoms with Crippen molar-refractivity contribution in [3.05, 3.63) is 64.7 Å². The second kappa shape index (κ2) is 9.08. The van der Waals surface area contributed by atoms with E-state index in [-0.39, 0.29) is 18.3 Å². The fourth-order valence-corrected chi connectivity index (χ4v) is 2.31. The molecule has 0 spiro atoms. The minimum atomic E-state index is -0.212. The Bertz CT molecular complexity index is 698. The largest absolute Gasteiger partial charge is 0.484 e. The minimum absolute atomic E-state index is 0.0583. The molecule has 0 aromatic heterocycles. The molecule has 4 nitrogen and oxygen atoms in total. The molecule has 2 rings (SSSR count). The average molecular weight is 346 g/mol. The molecule has 0 atom stereocenters. The van der Waals surface area contributed by atoms with Crippen LogP contribution in [0.25, 0.3) is 0 Å². The van der Waals surface area contributed by atoms with Gasteiger partial charge in [-0.15, -0.1) is 0 Å². The number of ketones is 1. The Hall–Kier alpha value is -2.33. The number of halogens is 1. The van der Waals surface area contributed by atoms with E-state index < -0.39 is 0 Å². The van der Waals surface area contributed by atoms with E-state index in [1.165, 1.54) is 0 Å². The van der Waals surface area contributed by atoms with Crippen molar-refractivity contribution < 1.29 is 14.3 Å². The Labute approximate surface area is 146 Å². The molecule has 126 valence electrons. The van der Waals surface area contributed by atoms with E-state index in [0.29, 0.717) is 30.2 Å². The van der Waals surface area contributed by atoms with Gasteiger partial charge in [-0.3, -0.25) is 4.79 Å². The molecule has 0 unspecified atom stereocenters. The van der Waals surface area contributed by atoms with Crippen molar-refractivity contribution in [3.63, 3.8) is 0 Å². The van der Waals surface area contributed by atoms with Crippen molar-refractivity contribution in [2.45, 2.75) is 26.3 Å². The highest BCUT2D eigenvalue weighted by Crippen LogP contribution is 2.15. The molecule has 2 aromatic carbocycles. The topological polar surface area (TPSA) is 55.4 Å². The van der Waals surface area contributed by atoms with Gasteiger partial charge in [0.15, 0.2) is 6.61 Å². The first-order valence-electron chi connectivity index (χ1n) is 7.76. The van der Waals surface area contributed by atoms with Gasteiger partial charge in [-0.1, -0.05) is 41.9 Å². The lowest BCUT2D eigenvalue weighted by molar-refractivity contribution is -0.123. The molecule has 0 aliphatic rings. The van der Waals surface area contributed by atoms with Gasteiger partial charge in [0.2, 0.25) is 0 Å². The summed E-state index contributed by atoms with van der Waals surface area (Å²) in [4.78, 5) is 22.8. The van der Waals surface area contributed by atoms with Gasteiger partial charge in [-0.2, -0.15) is 0 Å². The number of carbonyl (C=O) groups excluding carboxylic acids is 2. The number of benzene rings is 2. The number of ether oxygens (including phenoxy) is 1. The molecule has 5 heteroatoms. The lowest BCUT2D eigenvalue weighted by Gasteiger charge is -2.09. The standard InChI is InChI=1S/C19H20ClNO3/c1-14(22)6-7-15-8-10-17(11-9-15)24-13-19(23)21-12-16-4-2-3-5-18(16)20/h2-5,8-11H,6-7,12-13H2,1H3,(H,21,23). The Morgan fingerprint density at radius 2 is 1.79 bits per heavy atom. The fourth-order valence-electron chi connectivity index (χ4n) is 2.11. The van der Waals surface area contributed by atoms with E-state index in [4.69, 9.17) is 16.3 Å². The fraction of sp³-hybridized carbons (Fsp3) is 0.263. The van der Waals surface area contributed by atoms with Crippen molar-refractivity contribution >= 4 is 23.3 Å². The van der Waals surface area contributed by atoms with E-state index in [1.807, 2.05) is 30.3 Å². The van der Waals surface area contributed by atoms with Gasteiger partial charge >= 0.3 is 0 Å². The SMILES string of the molecule is CC(=O)CCc1ccc(OCC(=O)NCc2ccccc2Cl)cc1. The maximum absolute atomic E-state index is 11.8. The molecule has 1 N–H and O–H groups in total. The van der Waals surface area contributed by atoms with Crippen LogP contribution in [0.5, 0.6) is 5.75 Å². The number of Topliss-reactive ketones (excluding diaryl/α,β-unsaturated/α-hetero) is 1. The molecule has 24 heavy (non-hydrogen) atoms. The summed E-state index contributed by atoms with van der Waals surface area (Å²) in [7, 11) is 0. The van der Waals surface area contributed by atoms with Gasteiger partial charge in [-0.25, -0.2) is 0 Å². The summed E-state index contributed by atoms with van der Waals surface area (Å²) in [5, 5.41) is 3.39. The summed E-state index contributed by atoms with van der Waals surface area (Å²) < 4.78 is 5.46. The quantitative estimate of drug-likeness (QED) is 0.796. The first kappa shape index (κ1) is 18.0. The molecule has 0 radical (unpaired) electrons. The van der Waals surface area contributed by atoms with Crippen LogP contribution < -0.4 is 10.1 Å². The number of nitrogens with one attached hydrogen (secondary N) is 1. The highest BCUT2D eigenvalue weighted by atomic mass is 35.5. The molecular formula is C19H20ClNO3. The van der Waals surface area contributed by atoms with E-state index in [2.05, 4.69) is 5.32 Å². The van der Waals surface area contributed by atoms with Crippen molar-refractivity contribution in [1.82, 2.24) is 5.32 Å². The zero-order valence-electron chi connectivity index (χ0n) is 13.5. The summed E-state index contributed by atoms with van der Waals surface area (Å²) in [6, 6.07) is 14.8. The zero-order valence-corrected chi connectivity index (χ0v) is 14.3. The maximum Gasteiger partial charge on any atom is 0.258 e. The molecule has 2 aromatic rings. The third-order valence-electron chi connectivity index (χ3n) is 3.49. The predicted octanol–water partition coefficient (Wildman–Crippen LogP) is 3.56. The Kier molecular flexibility index (Phi) is 6.82. The van der Waals surface area contributed by atoms with Crippen LogP contribution in [-0.4, -0.2) is 18.3 Å².